The van der Waals surface area contributed by atoms with E-state index in [2.05, 4.69) is 15.3 Å². The molecule has 2 N–H and O–H groups in total. The second-order valence-corrected chi connectivity index (χ2v) is 9.54. The fourth-order valence-electron chi connectivity index (χ4n) is 4.89. The molecule has 0 radical (unpaired) electrons. The van der Waals surface area contributed by atoms with E-state index in [1.54, 1.807) is 25.3 Å². The van der Waals surface area contributed by atoms with Crippen molar-refractivity contribution in [1.29, 1.82) is 0 Å². The summed E-state index contributed by atoms with van der Waals surface area (Å²) in [6.07, 6.45) is 3.63. The first-order valence-electron chi connectivity index (χ1n) is 12.3. The summed E-state index contributed by atoms with van der Waals surface area (Å²) in [5.41, 5.74) is 5.92. The Morgan fingerprint density at radius 3 is 2.47 bits per heavy atom. The number of nitrogens with one attached hydrogen (secondary N) is 2. The van der Waals surface area contributed by atoms with Crippen molar-refractivity contribution in [2.24, 2.45) is 0 Å². The number of hydrogen-bond acceptors (Lipinski definition) is 2. The molecule has 3 aromatic carbocycles. The summed E-state index contributed by atoms with van der Waals surface area (Å²) in [4.78, 5) is 21.1. The first kappa shape index (κ1) is 25.3. The minimum absolute atomic E-state index is 0.106. The number of carbonyl (C=O) groups excluding carboxylic acids is 1. The molecule has 2 heterocycles. The summed E-state index contributed by atoms with van der Waals surface area (Å²) in [6.45, 7) is 3.79. The zero-order valence-corrected chi connectivity index (χ0v) is 21.0. The van der Waals surface area contributed by atoms with Gasteiger partial charge in [-0.25, -0.2) is 13.2 Å². The van der Waals surface area contributed by atoms with Gasteiger partial charge in [0, 0.05) is 34.9 Å². The highest BCUT2D eigenvalue weighted by Gasteiger charge is 2.23. The van der Waals surface area contributed by atoms with Gasteiger partial charge in [0.25, 0.3) is 0 Å². The Bertz CT molecular complexity index is 1620. The van der Waals surface area contributed by atoms with Crippen LogP contribution in [0.2, 0.25) is 0 Å². The summed E-state index contributed by atoms with van der Waals surface area (Å²) in [5.74, 6) is -2.02. The lowest BCUT2D eigenvalue weighted by molar-refractivity contribution is -0.121. The number of amides is 1. The number of carbonyl (C=O) groups is 1. The summed E-state index contributed by atoms with van der Waals surface area (Å²) in [5, 5.41) is 4.01. The maximum Gasteiger partial charge on any atom is 0.225 e. The Hall–Kier alpha value is -4.39. The number of benzene rings is 3. The highest BCUT2D eigenvalue weighted by molar-refractivity contribution is 5.89. The number of aryl methyl sites for hydroxylation is 2. The Labute approximate surface area is 218 Å². The van der Waals surface area contributed by atoms with Gasteiger partial charge in [-0.2, -0.15) is 0 Å². The molecular weight excluding hydrogens is 487 g/mol. The molecule has 2 aromatic heterocycles. The number of hydrogen-bond donors (Lipinski definition) is 2. The van der Waals surface area contributed by atoms with Crippen molar-refractivity contribution in [2.45, 2.75) is 32.7 Å². The predicted molar refractivity (Wildman–Crippen MR) is 142 cm³/mol. The lowest BCUT2D eigenvalue weighted by atomic mass is 9.93. The zero-order chi connectivity index (χ0) is 26.8. The number of pyridine rings is 1. The van der Waals surface area contributed by atoms with E-state index in [1.807, 2.05) is 37.4 Å². The van der Waals surface area contributed by atoms with Gasteiger partial charge in [0.05, 0.1) is 18.2 Å². The molecule has 0 bridgehead atoms. The Morgan fingerprint density at radius 2 is 1.71 bits per heavy atom. The van der Waals surface area contributed by atoms with Crippen molar-refractivity contribution in [1.82, 2.24) is 15.3 Å². The Kier molecular flexibility index (Phi) is 7.01. The van der Waals surface area contributed by atoms with Crippen LogP contribution < -0.4 is 5.32 Å². The molecule has 5 rings (SSSR count). The van der Waals surface area contributed by atoms with E-state index >= 15 is 0 Å². The van der Waals surface area contributed by atoms with Crippen LogP contribution in [0.4, 0.5) is 13.2 Å². The first-order chi connectivity index (χ1) is 18.3. The summed E-state index contributed by atoms with van der Waals surface area (Å²) < 4.78 is 41.9. The van der Waals surface area contributed by atoms with Gasteiger partial charge in [-0.1, -0.05) is 23.8 Å². The topological polar surface area (TPSA) is 57.8 Å². The minimum atomic E-state index is -0.699. The third-order valence-electron chi connectivity index (χ3n) is 6.62. The average Bonchev–Trinajstić information content (AvgIpc) is 3.24. The predicted octanol–water partition coefficient (Wildman–Crippen LogP) is 6.91. The fourth-order valence-corrected chi connectivity index (χ4v) is 4.89. The molecule has 38 heavy (non-hydrogen) atoms. The largest absolute Gasteiger partial charge is 0.361 e. The van der Waals surface area contributed by atoms with Crippen LogP contribution in [0, 0.1) is 31.3 Å². The first-order valence-corrected chi connectivity index (χ1v) is 12.3. The van der Waals surface area contributed by atoms with Gasteiger partial charge in [0.1, 0.15) is 17.5 Å². The third-order valence-corrected chi connectivity index (χ3v) is 6.62. The molecule has 0 spiro atoms. The molecule has 0 unspecified atom stereocenters. The number of aromatic nitrogens is 2. The van der Waals surface area contributed by atoms with E-state index < -0.39 is 17.7 Å². The van der Waals surface area contributed by atoms with Gasteiger partial charge in [0.2, 0.25) is 5.91 Å². The highest BCUT2D eigenvalue weighted by atomic mass is 19.1. The van der Waals surface area contributed by atoms with Gasteiger partial charge in [-0.05, 0) is 85.0 Å². The monoisotopic (exact) mass is 513 g/mol. The molecule has 0 fully saturated rings. The maximum absolute atomic E-state index is 14.0. The fraction of sp³-hybridized carbons (Fsp3) is 0.161. The van der Waals surface area contributed by atoms with Crippen molar-refractivity contribution in [3.05, 3.63) is 125 Å². The summed E-state index contributed by atoms with van der Waals surface area (Å²) in [6, 6.07) is 16.7. The number of halogens is 3. The number of rotatable bonds is 7. The number of H-pyrrole nitrogens is 1. The Morgan fingerprint density at radius 1 is 0.921 bits per heavy atom. The van der Waals surface area contributed by atoms with E-state index in [1.165, 1.54) is 24.3 Å². The molecule has 0 saturated carbocycles. The molecule has 0 aliphatic rings. The van der Waals surface area contributed by atoms with Gasteiger partial charge in [-0.15, -0.1) is 0 Å². The second kappa shape index (κ2) is 10.5. The third kappa shape index (κ3) is 5.47. The van der Waals surface area contributed by atoms with Gasteiger partial charge >= 0.3 is 0 Å². The molecule has 7 heteroatoms. The molecule has 1 atom stereocenters. The number of nitrogens with zero attached hydrogens (tertiary/aromatic N) is 1. The van der Waals surface area contributed by atoms with Crippen molar-refractivity contribution in [2.75, 3.05) is 0 Å². The number of aromatic amines is 1. The van der Waals surface area contributed by atoms with Crippen molar-refractivity contribution in [3.8, 4) is 11.1 Å². The molecule has 4 nitrogen and oxygen atoms in total. The normalized spacial score (nSPS) is 12.0. The molecule has 0 aliphatic heterocycles. The lowest BCUT2D eigenvalue weighted by Crippen LogP contribution is -2.32. The minimum Gasteiger partial charge on any atom is -0.361 e. The molecule has 0 aliphatic carbocycles. The van der Waals surface area contributed by atoms with E-state index in [4.69, 9.17) is 0 Å². The van der Waals surface area contributed by atoms with Gasteiger partial charge < -0.3 is 10.3 Å². The SMILES string of the molecule is Cc1ccc2[nH]cc(CC(=O)N[C@@H](Cc3cc(F)cc(F)c3)c3ncccc3-c3ccc(F)cc3C)c2c1. The average molecular weight is 514 g/mol. The summed E-state index contributed by atoms with van der Waals surface area (Å²) >= 11 is 0. The lowest BCUT2D eigenvalue weighted by Gasteiger charge is -2.22. The highest BCUT2D eigenvalue weighted by Crippen LogP contribution is 2.32. The van der Waals surface area contributed by atoms with Crippen LogP contribution in [0.15, 0.2) is 79.1 Å². The molecule has 0 saturated heterocycles. The van der Waals surface area contributed by atoms with Gasteiger partial charge in [0.15, 0.2) is 0 Å². The zero-order valence-electron chi connectivity index (χ0n) is 21.0. The van der Waals surface area contributed by atoms with E-state index in [0.717, 1.165) is 33.7 Å². The molecular formula is C31H26F3N3O. The molecule has 1 amide bonds. The van der Waals surface area contributed by atoms with Crippen LogP contribution in [0.25, 0.3) is 22.0 Å². The van der Waals surface area contributed by atoms with E-state index in [0.29, 0.717) is 22.4 Å². The van der Waals surface area contributed by atoms with Crippen molar-refractivity contribution < 1.29 is 18.0 Å². The van der Waals surface area contributed by atoms with Crippen LogP contribution in [0.5, 0.6) is 0 Å². The molecule has 192 valence electrons. The standard InChI is InChI=1S/C31H26F3N3O/c1-18-5-8-28-27(10-18)21(17-36-28)15-30(38)37-29(14-20-12-23(33)16-24(34)13-20)31-26(4-3-9-35-31)25-7-6-22(32)11-19(25)2/h3-13,16-17,29,36H,14-15H2,1-2H3,(H,37,38)/t29-/m0/s1. The van der Waals surface area contributed by atoms with E-state index in [-0.39, 0.29) is 24.6 Å². The van der Waals surface area contributed by atoms with Crippen LogP contribution >= 0.6 is 0 Å². The van der Waals surface area contributed by atoms with Crippen molar-refractivity contribution in [3.63, 3.8) is 0 Å². The van der Waals surface area contributed by atoms with Crippen molar-refractivity contribution >= 4 is 16.8 Å². The quantitative estimate of drug-likeness (QED) is 0.249. The van der Waals surface area contributed by atoms with Crippen LogP contribution in [0.3, 0.4) is 0 Å². The smallest absolute Gasteiger partial charge is 0.225 e. The van der Waals surface area contributed by atoms with Crippen LogP contribution in [0.1, 0.15) is 34.0 Å². The summed E-state index contributed by atoms with van der Waals surface area (Å²) in [7, 11) is 0. The van der Waals surface area contributed by atoms with Crippen LogP contribution in [-0.4, -0.2) is 15.9 Å². The maximum atomic E-state index is 14.0. The van der Waals surface area contributed by atoms with Gasteiger partial charge in [-0.3, -0.25) is 9.78 Å². The second-order valence-electron chi connectivity index (χ2n) is 9.54. The van der Waals surface area contributed by atoms with E-state index in [9.17, 15) is 18.0 Å². The van der Waals surface area contributed by atoms with Crippen LogP contribution in [-0.2, 0) is 17.6 Å². The molecule has 5 aromatic rings. The Balaban J connectivity index is 1.52. The number of fused-ring (bicyclic) bond motifs is 1.